The maximum atomic E-state index is 12.7. The second kappa shape index (κ2) is 7.77. The highest BCUT2D eigenvalue weighted by Gasteiger charge is 2.38. The summed E-state index contributed by atoms with van der Waals surface area (Å²) in [7, 11) is 1.53. The smallest absolute Gasteiger partial charge is 0.268 e. The van der Waals surface area contributed by atoms with Crippen LogP contribution in [0.5, 0.6) is 0 Å². The molecule has 0 fully saturated rings. The van der Waals surface area contributed by atoms with E-state index < -0.39 is 0 Å². The molecule has 0 aromatic heterocycles. The number of carbonyl (C=O) groups is 2. The van der Waals surface area contributed by atoms with Gasteiger partial charge in [-0.05, 0) is 30.5 Å². The lowest BCUT2D eigenvalue weighted by molar-refractivity contribution is -0.137. The molecule has 1 heterocycles. The zero-order valence-electron chi connectivity index (χ0n) is 13.6. The predicted molar refractivity (Wildman–Crippen MR) is 91.0 cm³/mol. The number of ether oxygens (including phenoxy) is 1. The zero-order valence-corrected chi connectivity index (χ0v) is 14.4. The van der Waals surface area contributed by atoms with E-state index in [-0.39, 0.29) is 25.0 Å². The lowest BCUT2D eigenvalue weighted by atomic mass is 10.0. The van der Waals surface area contributed by atoms with Gasteiger partial charge in [-0.15, -0.1) is 11.8 Å². The summed E-state index contributed by atoms with van der Waals surface area (Å²) < 4.78 is 4.98. The Kier molecular flexibility index (Phi) is 5.98. The standard InChI is InChI=1S/C17H21NO4S/c1-11-4-5-13(10-12(11)2)14-15(23-9-7-19)17(21)18(16(14)20)6-8-22-3/h4-5,10,19H,6-9H2,1-3H3. The molecule has 1 aromatic carbocycles. The first-order chi connectivity index (χ1) is 11.0. The number of imide groups is 1. The van der Waals surface area contributed by atoms with Crippen molar-refractivity contribution in [1.29, 1.82) is 0 Å². The normalized spacial score (nSPS) is 15.0. The van der Waals surface area contributed by atoms with Crippen LogP contribution < -0.4 is 0 Å². The summed E-state index contributed by atoms with van der Waals surface area (Å²) in [5, 5.41) is 9.05. The minimum Gasteiger partial charge on any atom is -0.396 e. The second-order valence-corrected chi connectivity index (χ2v) is 6.44. The summed E-state index contributed by atoms with van der Waals surface area (Å²) in [6.07, 6.45) is 0. The second-order valence-electron chi connectivity index (χ2n) is 5.33. The number of carbonyl (C=O) groups excluding carboxylic acids is 2. The van der Waals surface area contributed by atoms with Gasteiger partial charge >= 0.3 is 0 Å². The van der Waals surface area contributed by atoms with E-state index in [0.717, 1.165) is 16.7 Å². The highest BCUT2D eigenvalue weighted by Crippen LogP contribution is 2.36. The number of amides is 2. The van der Waals surface area contributed by atoms with Gasteiger partial charge in [-0.3, -0.25) is 14.5 Å². The number of aliphatic hydroxyl groups excluding tert-OH is 1. The van der Waals surface area contributed by atoms with E-state index >= 15 is 0 Å². The number of hydrogen-bond acceptors (Lipinski definition) is 5. The molecule has 2 rings (SSSR count). The molecule has 1 aliphatic heterocycles. The molecule has 0 unspecified atom stereocenters. The predicted octanol–water partition coefficient (Wildman–Crippen LogP) is 1.76. The van der Waals surface area contributed by atoms with Crippen molar-refractivity contribution in [3.05, 3.63) is 39.8 Å². The molecule has 0 radical (unpaired) electrons. The van der Waals surface area contributed by atoms with Gasteiger partial charge in [0.25, 0.3) is 11.8 Å². The van der Waals surface area contributed by atoms with E-state index in [2.05, 4.69) is 0 Å². The van der Waals surface area contributed by atoms with Crippen LogP contribution >= 0.6 is 11.8 Å². The Morgan fingerprint density at radius 2 is 1.91 bits per heavy atom. The van der Waals surface area contributed by atoms with Crippen LogP contribution in [-0.4, -0.2) is 54.4 Å². The molecule has 6 heteroatoms. The van der Waals surface area contributed by atoms with Crippen LogP contribution in [0.15, 0.2) is 23.1 Å². The van der Waals surface area contributed by atoms with E-state index in [4.69, 9.17) is 9.84 Å². The summed E-state index contributed by atoms with van der Waals surface area (Å²) in [6, 6.07) is 5.74. The number of hydrogen-bond donors (Lipinski definition) is 1. The molecule has 2 amide bonds. The Morgan fingerprint density at radius 1 is 1.17 bits per heavy atom. The third-order valence-corrected chi connectivity index (χ3v) is 4.83. The van der Waals surface area contributed by atoms with Crippen molar-refractivity contribution >= 4 is 29.1 Å². The molecule has 1 aliphatic rings. The highest BCUT2D eigenvalue weighted by atomic mass is 32.2. The Balaban J connectivity index is 2.43. The van der Waals surface area contributed by atoms with Crippen molar-refractivity contribution in [2.75, 3.05) is 32.6 Å². The average molecular weight is 335 g/mol. The highest BCUT2D eigenvalue weighted by molar-refractivity contribution is 8.04. The lowest BCUT2D eigenvalue weighted by Gasteiger charge is -2.14. The van der Waals surface area contributed by atoms with E-state index in [0.29, 0.717) is 22.8 Å². The van der Waals surface area contributed by atoms with Crippen LogP contribution in [0.2, 0.25) is 0 Å². The molecule has 23 heavy (non-hydrogen) atoms. The maximum Gasteiger partial charge on any atom is 0.268 e. The topological polar surface area (TPSA) is 66.8 Å². The largest absolute Gasteiger partial charge is 0.396 e. The SMILES string of the molecule is COCCN1C(=O)C(SCCO)=C(c2ccc(C)c(C)c2)C1=O. The number of nitrogens with zero attached hydrogens (tertiary/aromatic N) is 1. The molecule has 124 valence electrons. The van der Waals surface area contributed by atoms with Crippen molar-refractivity contribution in [3.8, 4) is 0 Å². The Morgan fingerprint density at radius 3 is 2.52 bits per heavy atom. The minimum absolute atomic E-state index is 0.0477. The summed E-state index contributed by atoms with van der Waals surface area (Å²) in [5.41, 5.74) is 3.36. The molecule has 1 N–H and O–H groups in total. The summed E-state index contributed by atoms with van der Waals surface area (Å²) in [6.45, 7) is 4.46. The van der Waals surface area contributed by atoms with Crippen LogP contribution in [0, 0.1) is 13.8 Å². The fourth-order valence-corrected chi connectivity index (χ4v) is 3.25. The molecule has 0 saturated carbocycles. The summed E-state index contributed by atoms with van der Waals surface area (Å²) >= 11 is 1.22. The number of thioether (sulfide) groups is 1. The zero-order chi connectivity index (χ0) is 17.0. The molecule has 1 aromatic rings. The fourth-order valence-electron chi connectivity index (χ4n) is 2.37. The molecule has 0 aliphatic carbocycles. The van der Waals surface area contributed by atoms with Gasteiger partial charge in [0, 0.05) is 12.9 Å². The monoisotopic (exact) mass is 335 g/mol. The number of methoxy groups -OCH3 is 1. The Bertz CT molecular complexity index is 654. The van der Waals surface area contributed by atoms with Gasteiger partial charge in [0.05, 0.1) is 30.2 Å². The van der Waals surface area contributed by atoms with Gasteiger partial charge in [-0.2, -0.15) is 0 Å². The third-order valence-electron chi connectivity index (χ3n) is 3.78. The molecular formula is C17H21NO4S. The molecule has 0 spiro atoms. The number of benzene rings is 1. The number of rotatable bonds is 7. The van der Waals surface area contributed by atoms with Crippen molar-refractivity contribution in [1.82, 2.24) is 4.90 Å². The van der Waals surface area contributed by atoms with Gasteiger partial charge in [-0.25, -0.2) is 0 Å². The van der Waals surface area contributed by atoms with E-state index in [1.54, 1.807) is 0 Å². The van der Waals surface area contributed by atoms with E-state index in [1.807, 2.05) is 32.0 Å². The molecule has 0 bridgehead atoms. The third kappa shape index (κ3) is 3.65. The van der Waals surface area contributed by atoms with Gasteiger partial charge in [-0.1, -0.05) is 18.2 Å². The van der Waals surface area contributed by atoms with Gasteiger partial charge in [0.15, 0.2) is 0 Å². The van der Waals surface area contributed by atoms with Crippen LogP contribution in [0.3, 0.4) is 0 Å². The van der Waals surface area contributed by atoms with Crippen LogP contribution in [0.25, 0.3) is 5.57 Å². The molecular weight excluding hydrogens is 314 g/mol. The minimum atomic E-state index is -0.307. The quantitative estimate of drug-likeness (QED) is 0.769. The molecule has 0 saturated heterocycles. The van der Waals surface area contributed by atoms with Gasteiger partial charge in [0.2, 0.25) is 0 Å². The van der Waals surface area contributed by atoms with E-state index in [1.165, 1.54) is 23.8 Å². The van der Waals surface area contributed by atoms with Crippen LogP contribution in [0.1, 0.15) is 16.7 Å². The number of aryl methyl sites for hydroxylation is 2. The van der Waals surface area contributed by atoms with Crippen molar-refractivity contribution < 1.29 is 19.4 Å². The van der Waals surface area contributed by atoms with Crippen molar-refractivity contribution in [3.63, 3.8) is 0 Å². The maximum absolute atomic E-state index is 12.7. The van der Waals surface area contributed by atoms with Gasteiger partial charge < -0.3 is 9.84 Å². The Hall–Kier alpha value is -1.63. The first-order valence-electron chi connectivity index (χ1n) is 7.42. The lowest BCUT2D eigenvalue weighted by Crippen LogP contribution is -2.34. The van der Waals surface area contributed by atoms with Gasteiger partial charge in [0.1, 0.15) is 0 Å². The fraction of sp³-hybridized carbons (Fsp3) is 0.412. The summed E-state index contributed by atoms with van der Waals surface area (Å²) in [5.74, 6) is -0.227. The summed E-state index contributed by atoms with van der Waals surface area (Å²) in [4.78, 5) is 26.9. The van der Waals surface area contributed by atoms with E-state index in [9.17, 15) is 9.59 Å². The van der Waals surface area contributed by atoms with Crippen LogP contribution in [0.4, 0.5) is 0 Å². The molecule has 0 atom stereocenters. The first kappa shape index (κ1) is 17.7. The Labute approximate surface area is 140 Å². The molecule has 5 nitrogen and oxygen atoms in total. The first-order valence-corrected chi connectivity index (χ1v) is 8.40. The van der Waals surface area contributed by atoms with Crippen molar-refractivity contribution in [2.24, 2.45) is 0 Å². The number of aliphatic hydroxyl groups is 1. The van der Waals surface area contributed by atoms with Crippen LogP contribution in [-0.2, 0) is 14.3 Å². The average Bonchev–Trinajstić information content (AvgIpc) is 2.76. The van der Waals surface area contributed by atoms with Crippen molar-refractivity contribution in [2.45, 2.75) is 13.8 Å².